The Morgan fingerprint density at radius 3 is 2.30 bits per heavy atom. The normalized spacial score (nSPS) is 27.7. The fourth-order valence-electron chi connectivity index (χ4n) is 4.49. The van der Waals surface area contributed by atoms with Gasteiger partial charge in [-0.1, -0.05) is 19.3 Å². The van der Waals surface area contributed by atoms with Crippen LogP contribution >= 0.6 is 0 Å². The van der Waals surface area contributed by atoms with Crippen LogP contribution in [0, 0.1) is 11.3 Å². The molecule has 1 N–H and O–H groups in total. The van der Waals surface area contributed by atoms with E-state index >= 15 is 0 Å². The molecule has 0 atom stereocenters. The van der Waals surface area contributed by atoms with Gasteiger partial charge in [0.1, 0.15) is 0 Å². The molecule has 3 rings (SSSR count). The molecule has 3 heteroatoms. The van der Waals surface area contributed by atoms with Crippen LogP contribution < -0.4 is 5.32 Å². The van der Waals surface area contributed by atoms with Crippen molar-refractivity contribution >= 4 is 5.91 Å². The number of hydrogen-bond donors (Lipinski definition) is 1. The Balaban J connectivity index is 1.46. The summed E-state index contributed by atoms with van der Waals surface area (Å²) in [6.07, 6.45) is 12.8. The minimum absolute atomic E-state index is 0.433. The van der Waals surface area contributed by atoms with Crippen LogP contribution in [0.1, 0.15) is 64.2 Å². The maximum Gasteiger partial charge on any atom is 0.222 e. The fraction of sp³-hybridized carbons (Fsp3) is 0.941. The Morgan fingerprint density at radius 2 is 1.65 bits per heavy atom. The third kappa shape index (κ3) is 3.36. The number of carbonyl (C=O) groups is 1. The zero-order chi connectivity index (χ0) is 13.8. The molecule has 2 saturated heterocycles. The number of amides is 1. The molecule has 2 aliphatic heterocycles. The van der Waals surface area contributed by atoms with Gasteiger partial charge in [0.05, 0.1) is 0 Å². The van der Waals surface area contributed by atoms with Crippen LogP contribution in [-0.4, -0.2) is 37.0 Å². The SMILES string of the molecule is O=C(CC1CCNCC1)N1CCC2(CCCCC2)CC1. The van der Waals surface area contributed by atoms with Gasteiger partial charge in [-0.2, -0.15) is 0 Å². The van der Waals surface area contributed by atoms with Gasteiger partial charge in [-0.15, -0.1) is 0 Å². The Morgan fingerprint density at radius 1 is 1.00 bits per heavy atom. The largest absolute Gasteiger partial charge is 0.343 e. The van der Waals surface area contributed by atoms with Crippen molar-refractivity contribution < 1.29 is 4.79 Å². The van der Waals surface area contributed by atoms with Crippen molar-refractivity contribution in [2.24, 2.45) is 11.3 Å². The van der Waals surface area contributed by atoms with Crippen LogP contribution in [0.25, 0.3) is 0 Å². The smallest absolute Gasteiger partial charge is 0.222 e. The van der Waals surface area contributed by atoms with Crippen LogP contribution in [0.2, 0.25) is 0 Å². The monoisotopic (exact) mass is 278 g/mol. The summed E-state index contributed by atoms with van der Waals surface area (Å²) < 4.78 is 0. The van der Waals surface area contributed by atoms with Gasteiger partial charge in [-0.05, 0) is 62.9 Å². The Bertz CT molecular complexity index is 320. The molecule has 3 aliphatic rings. The minimum atomic E-state index is 0.433. The lowest BCUT2D eigenvalue weighted by molar-refractivity contribution is -0.135. The molecule has 0 aromatic heterocycles. The minimum Gasteiger partial charge on any atom is -0.343 e. The van der Waals surface area contributed by atoms with Crippen molar-refractivity contribution in [3.8, 4) is 0 Å². The highest BCUT2D eigenvalue weighted by molar-refractivity contribution is 5.76. The highest BCUT2D eigenvalue weighted by atomic mass is 16.2. The number of rotatable bonds is 2. The fourth-order valence-corrected chi connectivity index (χ4v) is 4.49. The quantitative estimate of drug-likeness (QED) is 0.842. The standard InChI is InChI=1S/C17H30N2O/c20-16(14-15-4-10-18-11-5-15)19-12-8-17(9-13-19)6-2-1-3-7-17/h15,18H,1-14H2. The Hall–Kier alpha value is -0.570. The first kappa shape index (κ1) is 14.4. The lowest BCUT2D eigenvalue weighted by Gasteiger charge is -2.44. The molecule has 1 saturated carbocycles. The molecule has 3 nitrogen and oxygen atoms in total. The molecule has 1 spiro atoms. The third-order valence-electron chi connectivity index (χ3n) is 6.01. The maximum atomic E-state index is 12.4. The van der Waals surface area contributed by atoms with Crippen LogP contribution in [0.5, 0.6) is 0 Å². The van der Waals surface area contributed by atoms with Gasteiger partial charge in [0.15, 0.2) is 0 Å². The lowest BCUT2D eigenvalue weighted by Crippen LogP contribution is -2.44. The van der Waals surface area contributed by atoms with E-state index in [1.165, 1.54) is 57.8 Å². The summed E-state index contributed by atoms with van der Waals surface area (Å²) in [7, 11) is 0. The molecular weight excluding hydrogens is 248 g/mol. The van der Waals surface area contributed by atoms with E-state index in [-0.39, 0.29) is 0 Å². The highest BCUT2D eigenvalue weighted by Crippen LogP contribution is 2.44. The first-order valence-electron chi connectivity index (χ1n) is 8.76. The zero-order valence-electron chi connectivity index (χ0n) is 12.8. The maximum absolute atomic E-state index is 12.4. The first-order chi connectivity index (χ1) is 9.77. The Labute approximate surface area is 123 Å². The first-order valence-corrected chi connectivity index (χ1v) is 8.76. The lowest BCUT2D eigenvalue weighted by atomic mass is 9.68. The number of carbonyl (C=O) groups excluding carboxylic acids is 1. The molecule has 20 heavy (non-hydrogen) atoms. The molecule has 0 radical (unpaired) electrons. The Kier molecular flexibility index (Phi) is 4.65. The molecule has 0 aromatic carbocycles. The molecular formula is C17H30N2O. The van der Waals surface area contributed by atoms with Crippen molar-refractivity contribution in [2.75, 3.05) is 26.2 Å². The average Bonchev–Trinajstić information content (AvgIpc) is 2.50. The second-order valence-electron chi connectivity index (χ2n) is 7.34. The van der Waals surface area contributed by atoms with Crippen molar-refractivity contribution in [3.05, 3.63) is 0 Å². The van der Waals surface area contributed by atoms with Gasteiger partial charge >= 0.3 is 0 Å². The van der Waals surface area contributed by atoms with E-state index in [0.717, 1.165) is 32.6 Å². The summed E-state index contributed by atoms with van der Waals surface area (Å²) in [6.45, 7) is 4.26. The number of nitrogens with one attached hydrogen (secondary N) is 1. The summed E-state index contributed by atoms with van der Waals surface area (Å²) in [5.41, 5.74) is 0.615. The summed E-state index contributed by atoms with van der Waals surface area (Å²) >= 11 is 0. The van der Waals surface area contributed by atoms with E-state index in [2.05, 4.69) is 10.2 Å². The predicted octanol–water partition coefficient (Wildman–Crippen LogP) is 2.95. The summed E-state index contributed by atoms with van der Waals surface area (Å²) in [5.74, 6) is 1.07. The summed E-state index contributed by atoms with van der Waals surface area (Å²) in [5, 5.41) is 3.38. The molecule has 3 fully saturated rings. The van der Waals surface area contributed by atoms with Crippen molar-refractivity contribution in [1.82, 2.24) is 10.2 Å². The van der Waals surface area contributed by atoms with Gasteiger partial charge in [0.25, 0.3) is 0 Å². The van der Waals surface area contributed by atoms with Gasteiger partial charge in [-0.3, -0.25) is 4.79 Å². The molecule has 0 aromatic rings. The molecule has 114 valence electrons. The average molecular weight is 278 g/mol. The van der Waals surface area contributed by atoms with E-state index in [1.807, 2.05) is 0 Å². The zero-order valence-corrected chi connectivity index (χ0v) is 12.8. The molecule has 1 amide bonds. The summed E-state index contributed by atoms with van der Waals surface area (Å²) in [6, 6.07) is 0. The van der Waals surface area contributed by atoms with Crippen molar-refractivity contribution in [2.45, 2.75) is 64.2 Å². The van der Waals surface area contributed by atoms with Crippen molar-refractivity contribution in [3.63, 3.8) is 0 Å². The molecule has 0 bridgehead atoms. The van der Waals surface area contributed by atoms with Crippen LogP contribution in [0.4, 0.5) is 0 Å². The number of hydrogen-bond acceptors (Lipinski definition) is 2. The summed E-state index contributed by atoms with van der Waals surface area (Å²) in [4.78, 5) is 14.6. The van der Waals surface area contributed by atoms with Gasteiger partial charge in [-0.25, -0.2) is 0 Å². The van der Waals surface area contributed by atoms with E-state index < -0.39 is 0 Å². The number of likely N-dealkylation sites (tertiary alicyclic amines) is 1. The highest BCUT2D eigenvalue weighted by Gasteiger charge is 2.36. The van der Waals surface area contributed by atoms with Gasteiger partial charge in [0.2, 0.25) is 5.91 Å². The second-order valence-corrected chi connectivity index (χ2v) is 7.34. The number of piperidine rings is 2. The van der Waals surface area contributed by atoms with E-state index in [1.54, 1.807) is 0 Å². The predicted molar refractivity (Wildman–Crippen MR) is 81.5 cm³/mol. The second kappa shape index (κ2) is 6.46. The molecule has 2 heterocycles. The van der Waals surface area contributed by atoms with Crippen LogP contribution in [-0.2, 0) is 4.79 Å². The van der Waals surface area contributed by atoms with Crippen LogP contribution in [0.3, 0.4) is 0 Å². The third-order valence-corrected chi connectivity index (χ3v) is 6.01. The van der Waals surface area contributed by atoms with Gasteiger partial charge < -0.3 is 10.2 Å². The van der Waals surface area contributed by atoms with E-state index in [4.69, 9.17) is 0 Å². The topological polar surface area (TPSA) is 32.3 Å². The molecule has 0 unspecified atom stereocenters. The van der Waals surface area contributed by atoms with Gasteiger partial charge in [0, 0.05) is 19.5 Å². The number of nitrogens with zero attached hydrogens (tertiary/aromatic N) is 1. The van der Waals surface area contributed by atoms with Crippen molar-refractivity contribution in [1.29, 1.82) is 0 Å². The van der Waals surface area contributed by atoms with E-state index in [9.17, 15) is 4.79 Å². The van der Waals surface area contributed by atoms with E-state index in [0.29, 0.717) is 17.2 Å². The molecule has 1 aliphatic carbocycles. The van der Waals surface area contributed by atoms with Crippen LogP contribution in [0.15, 0.2) is 0 Å².